The fourth-order valence-corrected chi connectivity index (χ4v) is 3.71. The third kappa shape index (κ3) is 0.953. The number of carbonyl (C=O) groups is 1. The molecule has 0 radical (unpaired) electrons. The molecule has 12 heavy (non-hydrogen) atoms. The third-order valence-electron chi connectivity index (χ3n) is 1.46. The number of aromatic nitrogens is 1. The summed E-state index contributed by atoms with van der Waals surface area (Å²) in [4.78, 5) is 14.7. The van der Waals surface area contributed by atoms with E-state index in [4.69, 9.17) is 0 Å². The molecule has 62 valence electrons. The predicted molar refractivity (Wildman–Crippen MR) is 43.3 cm³/mol. The highest BCUT2D eigenvalue weighted by atomic mass is 33.1. The van der Waals surface area contributed by atoms with E-state index in [0.717, 1.165) is 0 Å². The van der Waals surface area contributed by atoms with Gasteiger partial charge < -0.3 is 0 Å². The van der Waals surface area contributed by atoms with Gasteiger partial charge in [0.05, 0.1) is 16.4 Å². The maximum Gasteiger partial charge on any atom is 0.239 e. The van der Waals surface area contributed by atoms with Gasteiger partial charge in [-0.1, -0.05) is 0 Å². The zero-order valence-corrected chi connectivity index (χ0v) is 7.35. The SMILES string of the molecule is O=C1SS(=O)(=O)c2cnccc21. The summed E-state index contributed by atoms with van der Waals surface area (Å²) in [7, 11) is -3.11. The number of fused-ring (bicyclic) bond motifs is 1. The first kappa shape index (κ1) is 7.75. The van der Waals surface area contributed by atoms with Gasteiger partial charge in [0.1, 0.15) is 4.90 Å². The molecule has 0 fully saturated rings. The number of hydrogen-bond donors (Lipinski definition) is 0. The highest BCUT2D eigenvalue weighted by Crippen LogP contribution is 2.36. The summed E-state index contributed by atoms with van der Waals surface area (Å²) in [5, 5.41) is -0.424. The number of pyridine rings is 1. The van der Waals surface area contributed by atoms with E-state index in [-0.39, 0.29) is 10.5 Å². The van der Waals surface area contributed by atoms with Crippen LogP contribution in [0.5, 0.6) is 0 Å². The van der Waals surface area contributed by atoms with Crippen LogP contribution in [0.25, 0.3) is 0 Å². The first-order valence-corrected chi connectivity index (χ1v) is 5.86. The van der Waals surface area contributed by atoms with Crippen molar-refractivity contribution in [2.24, 2.45) is 0 Å². The van der Waals surface area contributed by atoms with Crippen molar-refractivity contribution in [3.8, 4) is 0 Å². The van der Waals surface area contributed by atoms with Gasteiger partial charge >= 0.3 is 0 Å². The highest BCUT2D eigenvalue weighted by Gasteiger charge is 2.34. The second-order valence-electron chi connectivity index (χ2n) is 2.20. The molecule has 0 aliphatic carbocycles. The van der Waals surface area contributed by atoms with Crippen LogP contribution in [0.4, 0.5) is 0 Å². The summed E-state index contributed by atoms with van der Waals surface area (Å²) in [6.07, 6.45) is 2.60. The molecule has 0 amide bonds. The molecule has 1 aliphatic rings. The van der Waals surface area contributed by atoms with Gasteiger partial charge in [0.25, 0.3) is 0 Å². The van der Waals surface area contributed by atoms with Crippen LogP contribution in [0.15, 0.2) is 23.4 Å². The van der Waals surface area contributed by atoms with E-state index in [0.29, 0.717) is 10.8 Å². The molecule has 1 aliphatic heterocycles. The van der Waals surface area contributed by atoms with Crippen molar-refractivity contribution in [2.75, 3.05) is 0 Å². The van der Waals surface area contributed by atoms with Crippen LogP contribution in [0, 0.1) is 0 Å². The standard InChI is InChI=1S/C6H3NO3S2/c8-6-4-1-2-7-3-5(4)12(9,10)11-6/h1-3H. The Hall–Kier alpha value is -0.880. The summed E-state index contributed by atoms with van der Waals surface area (Å²) in [6.45, 7) is 0. The van der Waals surface area contributed by atoms with Gasteiger partial charge in [-0.25, -0.2) is 8.42 Å². The molecular formula is C6H3NO3S2. The van der Waals surface area contributed by atoms with Gasteiger partial charge in [-0.2, -0.15) is 0 Å². The number of carbonyl (C=O) groups excluding carboxylic acids is 1. The second-order valence-corrected chi connectivity index (χ2v) is 5.90. The molecule has 0 unspecified atom stereocenters. The highest BCUT2D eigenvalue weighted by molar-refractivity contribution is 8.78. The topological polar surface area (TPSA) is 64.1 Å². The Morgan fingerprint density at radius 2 is 2.17 bits per heavy atom. The first-order valence-electron chi connectivity index (χ1n) is 3.04. The fourth-order valence-electron chi connectivity index (χ4n) is 0.937. The van der Waals surface area contributed by atoms with Gasteiger partial charge in [-0.3, -0.25) is 9.78 Å². The maximum absolute atomic E-state index is 11.2. The normalized spacial score (nSPS) is 19.2. The van der Waals surface area contributed by atoms with Gasteiger partial charge in [-0.15, -0.1) is 0 Å². The summed E-state index contributed by atoms with van der Waals surface area (Å²) in [5.74, 6) is 0. The Morgan fingerprint density at radius 1 is 1.42 bits per heavy atom. The third-order valence-corrected chi connectivity index (χ3v) is 4.56. The van der Waals surface area contributed by atoms with Gasteiger partial charge in [-0.05, 0) is 6.07 Å². The van der Waals surface area contributed by atoms with Crippen LogP contribution in [0.2, 0.25) is 0 Å². The first-order chi connectivity index (χ1) is 5.61. The van der Waals surface area contributed by atoms with Crippen molar-refractivity contribution in [2.45, 2.75) is 4.90 Å². The molecule has 0 atom stereocenters. The number of nitrogens with zero attached hydrogens (tertiary/aromatic N) is 1. The van der Waals surface area contributed by atoms with Gasteiger partial charge in [0.2, 0.25) is 14.0 Å². The molecule has 2 rings (SSSR count). The molecule has 4 nitrogen and oxygen atoms in total. The van der Waals surface area contributed by atoms with Crippen LogP contribution >= 0.6 is 10.8 Å². The van der Waals surface area contributed by atoms with E-state index < -0.39 is 14.0 Å². The lowest BCUT2D eigenvalue weighted by Gasteiger charge is -1.90. The van der Waals surface area contributed by atoms with Gasteiger partial charge in [0.15, 0.2) is 0 Å². The molecule has 1 aromatic rings. The minimum absolute atomic E-state index is 0.0278. The molecule has 0 bridgehead atoms. The van der Waals surface area contributed by atoms with E-state index >= 15 is 0 Å². The molecule has 2 heterocycles. The molecule has 1 aromatic heterocycles. The zero-order chi connectivity index (χ0) is 8.77. The molecule has 0 saturated carbocycles. The number of rotatable bonds is 0. The predicted octanol–water partition coefficient (Wildman–Crippen LogP) is 0.657. The van der Waals surface area contributed by atoms with E-state index in [2.05, 4.69) is 4.98 Å². The molecule has 6 heteroatoms. The van der Waals surface area contributed by atoms with E-state index in [9.17, 15) is 13.2 Å². The van der Waals surface area contributed by atoms with E-state index in [1.165, 1.54) is 18.5 Å². The van der Waals surface area contributed by atoms with Crippen LogP contribution in [-0.2, 0) is 8.87 Å². The summed E-state index contributed by atoms with van der Waals surface area (Å²) < 4.78 is 22.3. The lowest BCUT2D eigenvalue weighted by atomic mass is 10.3. The second kappa shape index (κ2) is 2.30. The van der Waals surface area contributed by atoms with Crippen molar-refractivity contribution in [3.63, 3.8) is 0 Å². The molecule has 0 N–H and O–H groups in total. The average molecular weight is 201 g/mol. The summed E-state index contributed by atoms with van der Waals surface area (Å²) in [6, 6.07) is 1.41. The summed E-state index contributed by atoms with van der Waals surface area (Å²) in [5.41, 5.74) is 0.231. The minimum atomic E-state index is -3.45. The molecule has 0 aromatic carbocycles. The lowest BCUT2D eigenvalue weighted by Crippen LogP contribution is -1.90. The van der Waals surface area contributed by atoms with Crippen molar-refractivity contribution >= 4 is 24.8 Å². The quantitative estimate of drug-likeness (QED) is 0.577. The smallest absolute Gasteiger partial charge is 0.239 e. The molecule has 0 spiro atoms. The Labute approximate surface area is 72.3 Å². The van der Waals surface area contributed by atoms with Crippen molar-refractivity contribution in [1.82, 2.24) is 4.98 Å². The Kier molecular flexibility index (Phi) is 1.49. The van der Waals surface area contributed by atoms with Crippen LogP contribution < -0.4 is 0 Å². The van der Waals surface area contributed by atoms with Crippen LogP contribution in [0.3, 0.4) is 0 Å². The Balaban J connectivity index is 2.83. The van der Waals surface area contributed by atoms with Crippen molar-refractivity contribution < 1.29 is 13.2 Å². The lowest BCUT2D eigenvalue weighted by molar-refractivity contribution is 0.108. The van der Waals surface area contributed by atoms with Crippen molar-refractivity contribution in [1.29, 1.82) is 0 Å². The van der Waals surface area contributed by atoms with E-state index in [1.807, 2.05) is 0 Å². The zero-order valence-electron chi connectivity index (χ0n) is 5.72. The Bertz CT molecular complexity index is 452. The van der Waals surface area contributed by atoms with Crippen LogP contribution in [0.1, 0.15) is 10.4 Å². The monoisotopic (exact) mass is 201 g/mol. The maximum atomic E-state index is 11.2. The number of hydrogen-bond acceptors (Lipinski definition) is 5. The van der Waals surface area contributed by atoms with Crippen molar-refractivity contribution in [3.05, 3.63) is 24.0 Å². The minimum Gasteiger partial charge on any atom is -0.280 e. The molecule has 0 saturated heterocycles. The summed E-state index contributed by atoms with van der Waals surface area (Å²) >= 11 is 0. The van der Waals surface area contributed by atoms with Gasteiger partial charge in [0, 0.05) is 12.4 Å². The fraction of sp³-hybridized carbons (Fsp3) is 0. The largest absolute Gasteiger partial charge is 0.280 e. The average Bonchev–Trinajstić information content (AvgIpc) is 2.25. The van der Waals surface area contributed by atoms with E-state index in [1.54, 1.807) is 0 Å². The Morgan fingerprint density at radius 3 is 2.83 bits per heavy atom. The molecular weight excluding hydrogens is 198 g/mol. The van der Waals surface area contributed by atoms with Crippen LogP contribution in [-0.4, -0.2) is 18.5 Å².